The number of carbonyl (C=O) groups excluding carboxylic acids is 3. The minimum Gasteiger partial charge on any atom is -0.465 e. The van der Waals surface area contributed by atoms with Gasteiger partial charge in [0.2, 0.25) is 0 Å². The molecule has 0 radical (unpaired) electrons. The van der Waals surface area contributed by atoms with Crippen molar-refractivity contribution in [1.29, 1.82) is 0 Å². The van der Waals surface area contributed by atoms with Crippen LogP contribution in [0.1, 0.15) is 22.8 Å². The highest BCUT2D eigenvalue weighted by Gasteiger charge is 2.14. The fourth-order valence-corrected chi connectivity index (χ4v) is 1.41. The zero-order valence-corrected chi connectivity index (χ0v) is 10.9. The molecule has 0 aliphatic heterocycles. The molecule has 0 saturated carbocycles. The van der Waals surface area contributed by atoms with Gasteiger partial charge in [-0.05, 0) is 30.7 Å². The molecule has 0 amide bonds. The molecule has 1 rings (SSSR count). The Morgan fingerprint density at radius 2 is 1.58 bits per heavy atom. The highest BCUT2D eigenvalue weighted by atomic mass is 16.5. The second kappa shape index (κ2) is 6.49. The number of hydrogen-bond acceptors (Lipinski definition) is 5. The third kappa shape index (κ3) is 3.77. The van der Waals surface area contributed by atoms with E-state index in [1.165, 1.54) is 27.2 Å². The third-order valence-corrected chi connectivity index (χ3v) is 2.43. The average molecular weight is 262 g/mol. The van der Waals surface area contributed by atoms with Gasteiger partial charge in [-0.25, -0.2) is 9.59 Å². The SMILES string of the molecule is COC(=O)C(=Cc1ccc(C(=O)OC)cc1)C(C)=O. The summed E-state index contributed by atoms with van der Waals surface area (Å²) in [6.45, 7) is 1.28. The molecule has 1 aromatic carbocycles. The van der Waals surface area contributed by atoms with Crippen LogP contribution in [0, 0.1) is 0 Å². The fraction of sp³-hybridized carbons (Fsp3) is 0.214. The van der Waals surface area contributed by atoms with Crippen LogP contribution in [0.2, 0.25) is 0 Å². The van der Waals surface area contributed by atoms with Crippen LogP contribution < -0.4 is 0 Å². The summed E-state index contributed by atoms with van der Waals surface area (Å²) >= 11 is 0. The number of hydrogen-bond donors (Lipinski definition) is 0. The Kier molecular flexibility index (Phi) is 5.00. The number of Topliss-reactive ketones (excluding diaryl/α,β-unsaturated/α-hetero) is 1. The van der Waals surface area contributed by atoms with Gasteiger partial charge in [0, 0.05) is 0 Å². The molecule has 0 spiro atoms. The maximum atomic E-state index is 11.4. The molecule has 0 unspecified atom stereocenters. The standard InChI is InChI=1S/C14H14O5/c1-9(15)12(14(17)19-3)8-10-4-6-11(7-5-10)13(16)18-2/h4-8H,1-3H3. The Labute approximate surface area is 110 Å². The van der Waals surface area contributed by atoms with Gasteiger partial charge < -0.3 is 9.47 Å². The van der Waals surface area contributed by atoms with Gasteiger partial charge in [-0.3, -0.25) is 4.79 Å². The molecule has 1 aromatic rings. The number of esters is 2. The van der Waals surface area contributed by atoms with Gasteiger partial charge in [0.05, 0.1) is 19.8 Å². The molecule has 0 saturated heterocycles. The zero-order valence-electron chi connectivity index (χ0n) is 10.9. The third-order valence-electron chi connectivity index (χ3n) is 2.43. The summed E-state index contributed by atoms with van der Waals surface area (Å²) in [5, 5.41) is 0. The van der Waals surface area contributed by atoms with Crippen LogP contribution in [0.15, 0.2) is 29.8 Å². The lowest BCUT2D eigenvalue weighted by molar-refractivity contribution is -0.137. The van der Waals surface area contributed by atoms with Crippen molar-refractivity contribution < 1.29 is 23.9 Å². The number of ether oxygens (including phenoxy) is 2. The van der Waals surface area contributed by atoms with Gasteiger partial charge in [-0.15, -0.1) is 0 Å². The lowest BCUT2D eigenvalue weighted by Gasteiger charge is -2.02. The molecule has 5 heteroatoms. The largest absolute Gasteiger partial charge is 0.465 e. The van der Waals surface area contributed by atoms with E-state index in [0.717, 1.165) is 0 Å². The monoisotopic (exact) mass is 262 g/mol. The Bertz CT molecular complexity index is 525. The first-order chi connectivity index (χ1) is 8.99. The highest BCUT2D eigenvalue weighted by Crippen LogP contribution is 2.11. The molecule has 0 aliphatic rings. The van der Waals surface area contributed by atoms with E-state index < -0.39 is 11.9 Å². The van der Waals surface area contributed by atoms with Crippen LogP contribution in [0.4, 0.5) is 0 Å². The number of rotatable bonds is 4. The van der Waals surface area contributed by atoms with Crippen molar-refractivity contribution >= 4 is 23.8 Å². The predicted molar refractivity (Wildman–Crippen MR) is 68.5 cm³/mol. The van der Waals surface area contributed by atoms with Crippen molar-refractivity contribution in [1.82, 2.24) is 0 Å². The van der Waals surface area contributed by atoms with Crippen molar-refractivity contribution in [3.05, 3.63) is 41.0 Å². The Morgan fingerprint density at radius 1 is 1.00 bits per heavy atom. The smallest absolute Gasteiger partial charge is 0.341 e. The Morgan fingerprint density at radius 3 is 2.00 bits per heavy atom. The van der Waals surface area contributed by atoms with Gasteiger partial charge in [0.15, 0.2) is 5.78 Å². The van der Waals surface area contributed by atoms with Crippen molar-refractivity contribution in [2.24, 2.45) is 0 Å². The number of ketones is 1. The maximum Gasteiger partial charge on any atom is 0.341 e. The second-order valence-corrected chi connectivity index (χ2v) is 3.72. The number of carbonyl (C=O) groups is 3. The molecule has 0 N–H and O–H groups in total. The molecule has 0 fully saturated rings. The lowest BCUT2D eigenvalue weighted by atomic mass is 10.1. The normalized spacial score (nSPS) is 10.8. The maximum absolute atomic E-state index is 11.4. The van der Waals surface area contributed by atoms with Gasteiger partial charge in [-0.2, -0.15) is 0 Å². The van der Waals surface area contributed by atoms with E-state index in [2.05, 4.69) is 9.47 Å². The molecule has 0 aromatic heterocycles. The minimum absolute atomic E-state index is 0.0479. The highest BCUT2D eigenvalue weighted by molar-refractivity contribution is 6.19. The van der Waals surface area contributed by atoms with E-state index in [1.54, 1.807) is 24.3 Å². The van der Waals surface area contributed by atoms with Crippen molar-refractivity contribution in [2.75, 3.05) is 14.2 Å². The van der Waals surface area contributed by atoms with E-state index in [4.69, 9.17) is 0 Å². The van der Waals surface area contributed by atoms with Crippen LogP contribution in [0.25, 0.3) is 6.08 Å². The summed E-state index contributed by atoms with van der Waals surface area (Å²) in [5.41, 5.74) is 0.957. The summed E-state index contributed by atoms with van der Waals surface area (Å²) in [7, 11) is 2.50. The summed E-state index contributed by atoms with van der Waals surface area (Å²) in [4.78, 5) is 34.0. The molecule has 0 heterocycles. The van der Waals surface area contributed by atoms with Gasteiger partial charge >= 0.3 is 11.9 Å². The predicted octanol–water partition coefficient (Wildman–Crippen LogP) is 1.62. The van der Waals surface area contributed by atoms with Gasteiger partial charge in [0.1, 0.15) is 5.57 Å². The van der Waals surface area contributed by atoms with Crippen LogP contribution in [0.3, 0.4) is 0 Å². The summed E-state index contributed by atoms with van der Waals surface area (Å²) in [6.07, 6.45) is 1.41. The van der Waals surface area contributed by atoms with Crippen molar-refractivity contribution in [3.63, 3.8) is 0 Å². The van der Waals surface area contributed by atoms with E-state index in [0.29, 0.717) is 11.1 Å². The second-order valence-electron chi connectivity index (χ2n) is 3.72. The van der Waals surface area contributed by atoms with Gasteiger partial charge in [-0.1, -0.05) is 12.1 Å². The average Bonchev–Trinajstić information content (AvgIpc) is 2.43. The zero-order chi connectivity index (χ0) is 14.4. The molecule has 5 nitrogen and oxygen atoms in total. The first kappa shape index (κ1) is 14.6. The van der Waals surface area contributed by atoms with E-state index >= 15 is 0 Å². The quantitative estimate of drug-likeness (QED) is 0.357. The molecule has 0 aliphatic carbocycles. The molecule has 0 atom stereocenters. The Balaban J connectivity index is 3.06. The number of benzene rings is 1. The Hall–Kier alpha value is -2.43. The lowest BCUT2D eigenvalue weighted by Crippen LogP contribution is -2.11. The molecule has 19 heavy (non-hydrogen) atoms. The van der Waals surface area contributed by atoms with Crippen molar-refractivity contribution in [2.45, 2.75) is 6.92 Å². The van der Waals surface area contributed by atoms with Crippen LogP contribution in [-0.2, 0) is 19.1 Å². The molecule has 0 bridgehead atoms. The minimum atomic E-state index is -0.690. The molecular weight excluding hydrogens is 248 g/mol. The van der Waals surface area contributed by atoms with Crippen LogP contribution in [-0.4, -0.2) is 31.9 Å². The summed E-state index contributed by atoms with van der Waals surface area (Å²) in [5.74, 6) is -1.52. The van der Waals surface area contributed by atoms with Crippen molar-refractivity contribution in [3.8, 4) is 0 Å². The topological polar surface area (TPSA) is 69.7 Å². The first-order valence-corrected chi connectivity index (χ1v) is 5.49. The fourth-order valence-electron chi connectivity index (χ4n) is 1.41. The van der Waals surface area contributed by atoms with E-state index in [-0.39, 0.29) is 11.4 Å². The van der Waals surface area contributed by atoms with Crippen LogP contribution in [0.5, 0.6) is 0 Å². The molecular formula is C14H14O5. The van der Waals surface area contributed by atoms with E-state index in [1.807, 2.05) is 0 Å². The van der Waals surface area contributed by atoms with Gasteiger partial charge in [0.25, 0.3) is 0 Å². The summed E-state index contributed by atoms with van der Waals surface area (Å²) in [6, 6.07) is 6.32. The first-order valence-electron chi connectivity index (χ1n) is 5.49. The van der Waals surface area contributed by atoms with Crippen LogP contribution >= 0.6 is 0 Å². The van der Waals surface area contributed by atoms with E-state index in [9.17, 15) is 14.4 Å². The molecule has 100 valence electrons. The number of methoxy groups -OCH3 is 2. The summed E-state index contributed by atoms with van der Waals surface area (Å²) < 4.78 is 9.09.